The Kier molecular flexibility index (Phi) is 5.18. The van der Waals surface area contributed by atoms with Crippen LogP contribution in [0.3, 0.4) is 0 Å². The molecule has 0 bridgehead atoms. The van der Waals surface area contributed by atoms with Crippen LogP contribution in [0.2, 0.25) is 0 Å². The highest BCUT2D eigenvalue weighted by atomic mass is 16.4. The number of carboxylic acids is 1. The fourth-order valence-electron chi connectivity index (χ4n) is 2.90. The van der Waals surface area contributed by atoms with Crippen molar-refractivity contribution in [3.8, 4) is 0 Å². The molecule has 3 nitrogen and oxygen atoms in total. The molecule has 0 saturated carbocycles. The van der Waals surface area contributed by atoms with Crippen molar-refractivity contribution in [1.29, 1.82) is 0 Å². The third-order valence-electron chi connectivity index (χ3n) is 4.23. The minimum absolute atomic E-state index is 0.171. The van der Waals surface area contributed by atoms with Crippen molar-refractivity contribution < 1.29 is 9.90 Å². The maximum absolute atomic E-state index is 11.0. The third-order valence-corrected chi connectivity index (χ3v) is 4.23. The van der Waals surface area contributed by atoms with Gasteiger partial charge in [-0.25, -0.2) is 4.79 Å². The molecule has 114 valence electrons. The summed E-state index contributed by atoms with van der Waals surface area (Å²) in [6.07, 6.45) is 7.43. The summed E-state index contributed by atoms with van der Waals surface area (Å²) >= 11 is 0. The van der Waals surface area contributed by atoms with E-state index in [-0.39, 0.29) is 5.41 Å². The van der Waals surface area contributed by atoms with Gasteiger partial charge in [0.2, 0.25) is 0 Å². The quantitative estimate of drug-likeness (QED) is 0.777. The van der Waals surface area contributed by atoms with E-state index in [1.165, 1.54) is 25.7 Å². The van der Waals surface area contributed by atoms with Crippen LogP contribution < -0.4 is 5.32 Å². The van der Waals surface area contributed by atoms with E-state index in [9.17, 15) is 4.79 Å². The summed E-state index contributed by atoms with van der Waals surface area (Å²) in [5.41, 5.74) is 3.09. The Bertz CT molecular complexity index is 532. The first-order valence-corrected chi connectivity index (χ1v) is 7.71. The first kappa shape index (κ1) is 15.8. The maximum Gasteiger partial charge on any atom is 0.335 e. The Hall–Kier alpha value is -1.61. The lowest BCUT2D eigenvalue weighted by Crippen LogP contribution is -2.31. The molecule has 0 unspecified atom stereocenters. The Morgan fingerprint density at radius 2 is 2.14 bits per heavy atom. The smallest absolute Gasteiger partial charge is 0.335 e. The van der Waals surface area contributed by atoms with Gasteiger partial charge in [0.25, 0.3) is 0 Å². The molecule has 0 aliphatic heterocycles. The van der Waals surface area contributed by atoms with E-state index in [0.29, 0.717) is 12.1 Å². The maximum atomic E-state index is 11.0. The van der Waals surface area contributed by atoms with E-state index in [0.717, 1.165) is 12.1 Å². The van der Waals surface area contributed by atoms with Gasteiger partial charge in [-0.3, -0.25) is 0 Å². The number of hydrogen-bond acceptors (Lipinski definition) is 2. The van der Waals surface area contributed by atoms with Crippen LogP contribution in [0.1, 0.15) is 55.5 Å². The van der Waals surface area contributed by atoms with Crippen molar-refractivity contribution in [2.75, 3.05) is 6.54 Å². The van der Waals surface area contributed by atoms with Crippen LogP contribution in [0.25, 0.3) is 0 Å². The van der Waals surface area contributed by atoms with E-state index in [4.69, 9.17) is 5.11 Å². The van der Waals surface area contributed by atoms with Crippen molar-refractivity contribution >= 4 is 5.97 Å². The zero-order chi connectivity index (χ0) is 15.3. The molecule has 2 N–H and O–H groups in total. The van der Waals surface area contributed by atoms with Crippen molar-refractivity contribution in [2.24, 2.45) is 5.41 Å². The molecule has 3 heteroatoms. The predicted molar refractivity (Wildman–Crippen MR) is 85.4 cm³/mol. The highest BCUT2D eigenvalue weighted by Gasteiger charge is 2.23. The molecule has 1 aliphatic rings. The molecule has 21 heavy (non-hydrogen) atoms. The average molecular weight is 287 g/mol. The molecule has 0 heterocycles. The summed E-state index contributed by atoms with van der Waals surface area (Å²) in [5.74, 6) is -0.871. The van der Waals surface area contributed by atoms with E-state index in [1.54, 1.807) is 23.8 Å². The SMILES string of the molecule is CC(C)(CNCc1cccc(C(=O)O)c1)C1=CCCCC1. The Morgan fingerprint density at radius 3 is 2.81 bits per heavy atom. The topological polar surface area (TPSA) is 49.3 Å². The van der Waals surface area contributed by atoms with E-state index < -0.39 is 5.97 Å². The second-order valence-corrected chi connectivity index (χ2v) is 6.47. The second-order valence-electron chi connectivity index (χ2n) is 6.47. The Labute approximate surface area is 127 Å². The number of allylic oxidation sites excluding steroid dienone is 1. The lowest BCUT2D eigenvalue weighted by atomic mass is 9.78. The zero-order valence-corrected chi connectivity index (χ0v) is 13.0. The number of carbonyl (C=O) groups is 1. The van der Waals surface area contributed by atoms with Crippen molar-refractivity contribution in [3.05, 3.63) is 47.0 Å². The molecule has 0 radical (unpaired) electrons. The van der Waals surface area contributed by atoms with Crippen molar-refractivity contribution in [1.82, 2.24) is 5.32 Å². The van der Waals surface area contributed by atoms with Gasteiger partial charge in [-0.1, -0.05) is 37.6 Å². The fraction of sp³-hybridized carbons (Fsp3) is 0.500. The molecule has 0 atom stereocenters. The highest BCUT2D eigenvalue weighted by molar-refractivity contribution is 5.87. The van der Waals surface area contributed by atoms with Gasteiger partial charge in [0.05, 0.1) is 5.56 Å². The molecule has 0 spiro atoms. The molecule has 0 saturated heterocycles. The molecule has 1 aliphatic carbocycles. The third kappa shape index (κ3) is 4.43. The number of rotatable bonds is 6. The first-order chi connectivity index (χ1) is 9.99. The number of carboxylic acid groups (broad SMARTS) is 1. The number of nitrogens with one attached hydrogen (secondary N) is 1. The van der Waals surface area contributed by atoms with Crippen molar-refractivity contribution in [2.45, 2.75) is 46.1 Å². The normalized spacial score (nSPS) is 15.6. The number of hydrogen-bond donors (Lipinski definition) is 2. The lowest BCUT2D eigenvalue weighted by Gasteiger charge is -2.31. The minimum Gasteiger partial charge on any atom is -0.478 e. The Morgan fingerprint density at radius 1 is 1.33 bits per heavy atom. The Balaban J connectivity index is 1.90. The van der Waals surface area contributed by atoms with Crippen LogP contribution in [0.4, 0.5) is 0 Å². The van der Waals surface area contributed by atoms with E-state index in [2.05, 4.69) is 25.2 Å². The van der Waals surface area contributed by atoms with Crippen molar-refractivity contribution in [3.63, 3.8) is 0 Å². The molecule has 1 aromatic carbocycles. The number of aromatic carboxylic acids is 1. The first-order valence-electron chi connectivity index (χ1n) is 7.71. The molecule has 1 aromatic rings. The van der Waals surface area contributed by atoms with Crippen LogP contribution in [-0.4, -0.2) is 17.6 Å². The molecular formula is C18H25NO2. The predicted octanol–water partition coefficient (Wildman–Crippen LogP) is 4.00. The molecule has 0 amide bonds. The van der Waals surface area contributed by atoms with Gasteiger partial charge in [-0.05, 0) is 48.8 Å². The van der Waals surface area contributed by atoms with Gasteiger partial charge in [0.1, 0.15) is 0 Å². The fourth-order valence-corrected chi connectivity index (χ4v) is 2.90. The standard InChI is InChI=1S/C18H25NO2/c1-18(2,16-9-4-3-5-10-16)13-19-12-14-7-6-8-15(11-14)17(20)21/h6-9,11,19H,3-5,10,12-13H2,1-2H3,(H,20,21). The van der Waals surface area contributed by atoms with Gasteiger partial charge < -0.3 is 10.4 Å². The molecule has 0 aromatic heterocycles. The van der Waals surface area contributed by atoms with Gasteiger partial charge in [0.15, 0.2) is 0 Å². The van der Waals surface area contributed by atoms with Gasteiger partial charge in [-0.2, -0.15) is 0 Å². The summed E-state index contributed by atoms with van der Waals surface area (Å²) in [5, 5.41) is 12.5. The van der Waals surface area contributed by atoms with Gasteiger partial charge in [0, 0.05) is 13.1 Å². The minimum atomic E-state index is -0.871. The highest BCUT2D eigenvalue weighted by Crippen LogP contribution is 2.33. The summed E-state index contributed by atoms with van der Waals surface area (Å²) in [7, 11) is 0. The van der Waals surface area contributed by atoms with Crippen LogP contribution in [0.5, 0.6) is 0 Å². The second kappa shape index (κ2) is 6.90. The largest absolute Gasteiger partial charge is 0.478 e. The zero-order valence-electron chi connectivity index (χ0n) is 13.0. The summed E-state index contributed by atoms with van der Waals surface area (Å²) < 4.78 is 0. The summed E-state index contributed by atoms with van der Waals surface area (Å²) in [6.45, 7) is 6.18. The van der Waals surface area contributed by atoms with Crippen LogP contribution >= 0.6 is 0 Å². The monoisotopic (exact) mass is 287 g/mol. The summed E-state index contributed by atoms with van der Waals surface area (Å²) in [4.78, 5) is 11.0. The molecular weight excluding hydrogens is 262 g/mol. The summed E-state index contributed by atoms with van der Waals surface area (Å²) in [6, 6.07) is 7.13. The van der Waals surface area contributed by atoms with Gasteiger partial charge >= 0.3 is 5.97 Å². The van der Waals surface area contributed by atoms with Crippen LogP contribution in [-0.2, 0) is 6.54 Å². The molecule has 2 rings (SSSR count). The van der Waals surface area contributed by atoms with Crippen LogP contribution in [0.15, 0.2) is 35.9 Å². The van der Waals surface area contributed by atoms with E-state index in [1.807, 2.05) is 6.07 Å². The average Bonchev–Trinajstić information content (AvgIpc) is 2.48. The lowest BCUT2D eigenvalue weighted by molar-refractivity contribution is 0.0696. The van der Waals surface area contributed by atoms with E-state index >= 15 is 0 Å². The molecule has 0 fully saturated rings. The number of benzene rings is 1. The van der Waals surface area contributed by atoms with Crippen LogP contribution in [0, 0.1) is 5.41 Å². The van der Waals surface area contributed by atoms with Gasteiger partial charge in [-0.15, -0.1) is 0 Å².